The molecule has 168 valence electrons. The van der Waals surface area contributed by atoms with Crippen molar-refractivity contribution in [2.45, 2.75) is 38.9 Å². The lowest BCUT2D eigenvalue weighted by Crippen LogP contribution is -2.34. The number of nitrogens with zero attached hydrogens (tertiary/aromatic N) is 7. The number of aromatic nitrogens is 5. The van der Waals surface area contributed by atoms with E-state index < -0.39 is 0 Å². The Balaban J connectivity index is 1.77. The molecule has 0 bridgehead atoms. The van der Waals surface area contributed by atoms with Gasteiger partial charge in [0.2, 0.25) is 17.8 Å². The Bertz CT molecular complexity index is 1110. The first-order chi connectivity index (χ1) is 15.5. The molecule has 3 rings (SSSR count). The van der Waals surface area contributed by atoms with Crippen LogP contribution in [0.15, 0.2) is 29.4 Å². The molecule has 10 nitrogen and oxygen atoms in total. The molecule has 32 heavy (non-hydrogen) atoms. The van der Waals surface area contributed by atoms with Gasteiger partial charge in [-0.1, -0.05) is 23.9 Å². The van der Waals surface area contributed by atoms with Crippen molar-refractivity contribution in [2.24, 2.45) is 0 Å². The monoisotopic (exact) mass is 453 g/mol. The molecule has 0 aliphatic rings. The van der Waals surface area contributed by atoms with Crippen LogP contribution in [-0.4, -0.2) is 60.8 Å². The fourth-order valence-corrected chi connectivity index (χ4v) is 4.10. The van der Waals surface area contributed by atoms with E-state index in [1.165, 1.54) is 11.8 Å². The molecule has 3 aromatic rings. The van der Waals surface area contributed by atoms with Gasteiger partial charge in [0.05, 0.1) is 23.4 Å². The zero-order valence-corrected chi connectivity index (χ0v) is 19.5. The molecule has 2 N–H and O–H groups in total. The van der Waals surface area contributed by atoms with Crippen molar-refractivity contribution in [3.8, 4) is 6.07 Å². The van der Waals surface area contributed by atoms with Crippen LogP contribution < -0.4 is 10.6 Å². The SMILES string of the molecule is CCNc1nc(NCC)n2c(SCC(=O)N(CC)C(C)c3ccc(C#N)cc3)nnc2n1. The summed E-state index contributed by atoms with van der Waals surface area (Å²) < 4.78 is 1.72. The van der Waals surface area contributed by atoms with Crippen molar-refractivity contribution in [1.29, 1.82) is 5.26 Å². The van der Waals surface area contributed by atoms with Crippen LogP contribution >= 0.6 is 11.8 Å². The number of carbonyl (C=O) groups is 1. The van der Waals surface area contributed by atoms with Gasteiger partial charge in [-0.15, -0.1) is 10.2 Å². The standard InChI is InChI=1S/C21H27N9OS/c1-5-23-18-25-19(24-6-2)30-20(26-18)27-28-21(30)32-13-17(31)29(7-3)14(4)16-10-8-15(12-22)9-11-16/h8-11,14H,5-7,13H2,1-4H3,(H2,23,24,25,26,27). The summed E-state index contributed by atoms with van der Waals surface area (Å²) in [5.41, 5.74) is 1.58. The van der Waals surface area contributed by atoms with Crippen molar-refractivity contribution in [2.75, 3.05) is 36.0 Å². The number of thioether (sulfide) groups is 1. The molecule has 0 radical (unpaired) electrons. The summed E-state index contributed by atoms with van der Waals surface area (Å²) in [4.78, 5) is 23.7. The van der Waals surface area contributed by atoms with Crippen LogP contribution in [0.25, 0.3) is 5.78 Å². The number of hydrogen-bond acceptors (Lipinski definition) is 9. The Hall–Kier alpha value is -3.39. The molecular formula is C21H27N9OS. The number of rotatable bonds is 10. The van der Waals surface area contributed by atoms with E-state index in [2.05, 4.69) is 36.9 Å². The fourth-order valence-electron chi connectivity index (χ4n) is 3.29. The molecule has 0 fully saturated rings. The van der Waals surface area contributed by atoms with Crippen LogP contribution in [0.5, 0.6) is 0 Å². The molecule has 0 saturated heterocycles. The third-order valence-electron chi connectivity index (χ3n) is 4.89. The lowest BCUT2D eigenvalue weighted by Gasteiger charge is -2.28. The number of benzene rings is 1. The van der Waals surface area contributed by atoms with Crippen molar-refractivity contribution in [1.82, 2.24) is 29.5 Å². The van der Waals surface area contributed by atoms with Gasteiger partial charge in [-0.2, -0.15) is 15.2 Å². The van der Waals surface area contributed by atoms with Gasteiger partial charge in [0, 0.05) is 19.6 Å². The maximum absolute atomic E-state index is 13.0. The van der Waals surface area contributed by atoms with Crippen molar-refractivity contribution < 1.29 is 4.79 Å². The number of nitrogens with one attached hydrogen (secondary N) is 2. The summed E-state index contributed by atoms with van der Waals surface area (Å²) in [7, 11) is 0. The second-order valence-electron chi connectivity index (χ2n) is 6.93. The molecule has 2 heterocycles. The van der Waals surface area contributed by atoms with Gasteiger partial charge in [0.1, 0.15) is 0 Å². The fraction of sp³-hybridized carbons (Fsp3) is 0.429. The molecule has 2 aromatic heterocycles. The lowest BCUT2D eigenvalue weighted by molar-refractivity contribution is -0.130. The number of anilines is 2. The van der Waals surface area contributed by atoms with Crippen molar-refractivity contribution in [3.63, 3.8) is 0 Å². The Kier molecular flexibility index (Phi) is 7.83. The summed E-state index contributed by atoms with van der Waals surface area (Å²) in [5, 5.41) is 24.2. The van der Waals surface area contributed by atoms with E-state index in [0.29, 0.717) is 48.0 Å². The first-order valence-corrected chi connectivity index (χ1v) is 11.5. The summed E-state index contributed by atoms with van der Waals surface area (Å²) in [5.74, 6) is 1.66. The van der Waals surface area contributed by atoms with Crippen molar-refractivity contribution >= 4 is 35.3 Å². The summed E-state index contributed by atoms with van der Waals surface area (Å²) >= 11 is 1.30. The number of hydrogen-bond donors (Lipinski definition) is 2. The molecule has 1 amide bonds. The highest BCUT2D eigenvalue weighted by atomic mass is 32.2. The Morgan fingerprint density at radius 1 is 1.16 bits per heavy atom. The van der Waals surface area contributed by atoms with Crippen LogP contribution in [0.2, 0.25) is 0 Å². The predicted molar refractivity (Wildman–Crippen MR) is 125 cm³/mol. The van der Waals surface area contributed by atoms with Gasteiger partial charge in [-0.3, -0.25) is 4.79 Å². The highest BCUT2D eigenvalue weighted by molar-refractivity contribution is 7.99. The van der Waals surface area contributed by atoms with Crippen LogP contribution in [-0.2, 0) is 4.79 Å². The summed E-state index contributed by atoms with van der Waals surface area (Å²) in [6.07, 6.45) is 0. The first-order valence-electron chi connectivity index (χ1n) is 10.6. The lowest BCUT2D eigenvalue weighted by atomic mass is 10.1. The number of amides is 1. The predicted octanol–water partition coefficient (Wildman–Crippen LogP) is 2.96. The Morgan fingerprint density at radius 3 is 2.50 bits per heavy atom. The largest absolute Gasteiger partial charge is 0.355 e. The molecular weight excluding hydrogens is 426 g/mol. The average Bonchev–Trinajstić information content (AvgIpc) is 3.21. The number of fused-ring (bicyclic) bond motifs is 1. The molecule has 0 aliphatic heterocycles. The van der Waals surface area contributed by atoms with Gasteiger partial charge in [-0.25, -0.2) is 4.40 Å². The Labute approximate surface area is 191 Å². The maximum Gasteiger partial charge on any atom is 0.261 e. The van der Waals surface area contributed by atoms with E-state index in [-0.39, 0.29) is 17.7 Å². The minimum Gasteiger partial charge on any atom is -0.355 e. The minimum atomic E-state index is -0.112. The number of carbonyl (C=O) groups excluding carboxylic acids is 1. The maximum atomic E-state index is 13.0. The van der Waals surface area contributed by atoms with E-state index in [9.17, 15) is 4.79 Å². The van der Waals surface area contributed by atoms with Crippen LogP contribution in [0, 0.1) is 11.3 Å². The van der Waals surface area contributed by atoms with E-state index in [1.807, 2.05) is 44.7 Å². The van der Waals surface area contributed by atoms with E-state index in [1.54, 1.807) is 16.5 Å². The van der Waals surface area contributed by atoms with Gasteiger partial charge < -0.3 is 15.5 Å². The highest BCUT2D eigenvalue weighted by Gasteiger charge is 2.22. The highest BCUT2D eigenvalue weighted by Crippen LogP contribution is 2.25. The minimum absolute atomic E-state index is 0.0127. The second-order valence-corrected chi connectivity index (χ2v) is 7.87. The second kappa shape index (κ2) is 10.8. The van der Waals surface area contributed by atoms with E-state index >= 15 is 0 Å². The quantitative estimate of drug-likeness (QED) is 0.446. The first kappa shape index (κ1) is 23.3. The van der Waals surface area contributed by atoms with Crippen LogP contribution in [0.3, 0.4) is 0 Å². The van der Waals surface area contributed by atoms with Crippen molar-refractivity contribution in [3.05, 3.63) is 35.4 Å². The zero-order valence-electron chi connectivity index (χ0n) is 18.7. The van der Waals surface area contributed by atoms with Gasteiger partial charge in [-0.05, 0) is 45.4 Å². The zero-order chi connectivity index (χ0) is 23.1. The van der Waals surface area contributed by atoms with E-state index in [4.69, 9.17) is 5.26 Å². The molecule has 0 saturated carbocycles. The topological polar surface area (TPSA) is 124 Å². The molecule has 11 heteroatoms. The molecule has 1 unspecified atom stereocenters. The molecule has 1 aromatic carbocycles. The molecule has 0 spiro atoms. The van der Waals surface area contributed by atoms with E-state index in [0.717, 1.165) is 5.56 Å². The summed E-state index contributed by atoms with van der Waals surface area (Å²) in [6, 6.07) is 9.32. The van der Waals surface area contributed by atoms with Crippen LogP contribution in [0.4, 0.5) is 11.9 Å². The van der Waals surface area contributed by atoms with Gasteiger partial charge in [0.25, 0.3) is 5.78 Å². The smallest absolute Gasteiger partial charge is 0.261 e. The Morgan fingerprint density at radius 2 is 1.88 bits per heavy atom. The third-order valence-corrected chi connectivity index (χ3v) is 5.80. The molecule has 0 aliphatic carbocycles. The van der Waals surface area contributed by atoms with Gasteiger partial charge in [0.15, 0.2) is 5.16 Å². The number of nitriles is 1. The average molecular weight is 454 g/mol. The molecule has 1 atom stereocenters. The third kappa shape index (κ3) is 5.08. The summed E-state index contributed by atoms with van der Waals surface area (Å²) in [6.45, 7) is 9.81. The van der Waals surface area contributed by atoms with Crippen LogP contribution in [0.1, 0.15) is 44.9 Å². The van der Waals surface area contributed by atoms with Gasteiger partial charge >= 0.3 is 0 Å². The normalized spacial score (nSPS) is 11.7.